The van der Waals surface area contributed by atoms with Crippen LogP contribution in [-0.2, 0) is 11.0 Å². The third-order valence-electron chi connectivity index (χ3n) is 5.85. The van der Waals surface area contributed by atoms with E-state index in [1.807, 2.05) is 0 Å². The van der Waals surface area contributed by atoms with Crippen molar-refractivity contribution in [1.29, 1.82) is 0 Å². The number of carbonyl (C=O) groups is 1. The van der Waals surface area contributed by atoms with Gasteiger partial charge in [-0.3, -0.25) is 4.79 Å². The monoisotopic (exact) mass is 368 g/mol. The fourth-order valence-corrected chi connectivity index (χ4v) is 4.47. The molecule has 3 nitrogen and oxygen atoms in total. The van der Waals surface area contributed by atoms with Gasteiger partial charge in [-0.05, 0) is 61.6 Å². The summed E-state index contributed by atoms with van der Waals surface area (Å²) < 4.78 is 52.0. The predicted octanol–water partition coefficient (Wildman–Crippen LogP) is 4.10. The van der Waals surface area contributed by atoms with Gasteiger partial charge in [0.05, 0.1) is 11.5 Å². The van der Waals surface area contributed by atoms with Gasteiger partial charge in [-0.1, -0.05) is 11.6 Å². The van der Waals surface area contributed by atoms with Crippen molar-refractivity contribution in [3.05, 3.63) is 41.2 Å². The highest BCUT2D eigenvalue weighted by molar-refractivity contribution is 5.94. The maximum atomic E-state index is 13.4. The molecule has 0 spiro atoms. The lowest BCUT2D eigenvalue weighted by Gasteiger charge is -2.26. The predicted molar refractivity (Wildman–Crippen MR) is 88.5 cm³/mol. The number of hydrogen-bond acceptors (Lipinski definition) is 2. The van der Waals surface area contributed by atoms with Crippen LogP contribution in [0.4, 0.5) is 23.2 Å². The zero-order valence-corrected chi connectivity index (χ0v) is 14.0. The summed E-state index contributed by atoms with van der Waals surface area (Å²) in [4.78, 5) is 12.7. The molecular weight excluding hydrogens is 348 g/mol. The average molecular weight is 368 g/mol. The molecule has 4 atom stereocenters. The zero-order valence-electron chi connectivity index (χ0n) is 14.0. The van der Waals surface area contributed by atoms with E-state index in [0.29, 0.717) is 12.0 Å². The highest BCUT2D eigenvalue weighted by Crippen LogP contribution is 2.53. The fourth-order valence-electron chi connectivity index (χ4n) is 4.47. The van der Waals surface area contributed by atoms with Crippen molar-refractivity contribution in [2.45, 2.75) is 37.9 Å². The van der Waals surface area contributed by atoms with Gasteiger partial charge >= 0.3 is 6.18 Å². The van der Waals surface area contributed by atoms with Crippen LogP contribution in [0.3, 0.4) is 0 Å². The number of carbonyl (C=O) groups excluding carboxylic acids is 1. The van der Waals surface area contributed by atoms with E-state index >= 15 is 0 Å². The first-order valence-electron chi connectivity index (χ1n) is 8.90. The lowest BCUT2D eigenvalue weighted by molar-refractivity contribution is -0.140. The first kappa shape index (κ1) is 17.5. The molecule has 0 heterocycles. The Morgan fingerprint density at radius 2 is 1.85 bits per heavy atom. The summed E-state index contributed by atoms with van der Waals surface area (Å²) in [7, 11) is 0. The lowest BCUT2D eigenvalue weighted by atomic mass is 9.84. The van der Waals surface area contributed by atoms with Crippen LogP contribution in [0, 0.1) is 29.5 Å². The van der Waals surface area contributed by atoms with Crippen LogP contribution in [0.15, 0.2) is 29.8 Å². The second-order valence-electron chi connectivity index (χ2n) is 7.58. The largest absolute Gasteiger partial charge is 0.419 e. The molecule has 26 heavy (non-hydrogen) atoms. The summed E-state index contributed by atoms with van der Waals surface area (Å²) in [5, 5.41) is 2.52. The van der Waals surface area contributed by atoms with E-state index in [0.717, 1.165) is 25.0 Å². The highest BCUT2D eigenvalue weighted by atomic mass is 19.4. The van der Waals surface area contributed by atoms with Crippen LogP contribution in [-0.4, -0.2) is 11.9 Å². The first-order valence-corrected chi connectivity index (χ1v) is 8.90. The van der Waals surface area contributed by atoms with Gasteiger partial charge in [0.1, 0.15) is 5.82 Å². The lowest BCUT2D eigenvalue weighted by Crippen LogP contribution is -2.42. The van der Waals surface area contributed by atoms with Gasteiger partial charge in [0, 0.05) is 11.7 Å². The number of halogens is 4. The second kappa shape index (κ2) is 6.08. The Morgan fingerprint density at radius 3 is 2.50 bits per heavy atom. The van der Waals surface area contributed by atoms with Gasteiger partial charge in [-0.15, -0.1) is 0 Å². The van der Waals surface area contributed by atoms with Crippen molar-refractivity contribution in [2.75, 3.05) is 5.32 Å². The Bertz CT molecular complexity index is 769. The van der Waals surface area contributed by atoms with Crippen LogP contribution in [0.2, 0.25) is 0 Å². The van der Waals surface area contributed by atoms with Gasteiger partial charge in [-0.2, -0.15) is 13.2 Å². The number of alkyl halides is 3. The van der Waals surface area contributed by atoms with E-state index in [1.165, 1.54) is 18.4 Å². The molecule has 4 rings (SSSR count). The molecule has 0 saturated heterocycles. The summed E-state index contributed by atoms with van der Waals surface area (Å²) in [6, 6.07) is 2.17. The Labute approximate surface area is 148 Å². The Hall–Kier alpha value is -1.89. The van der Waals surface area contributed by atoms with E-state index < -0.39 is 23.5 Å². The number of anilines is 1. The molecule has 1 aromatic rings. The quantitative estimate of drug-likeness (QED) is 0.623. The van der Waals surface area contributed by atoms with Crippen molar-refractivity contribution in [2.24, 2.45) is 29.4 Å². The minimum absolute atomic E-state index is 0.0635. The number of hydrogen-bond donors (Lipinski definition) is 2. The molecule has 0 aromatic heterocycles. The number of benzene rings is 1. The van der Waals surface area contributed by atoms with Crippen LogP contribution >= 0.6 is 0 Å². The minimum Gasteiger partial charge on any atom is -0.326 e. The standard InChI is InChI=1S/C19H20F4N2O/c20-15-6-3-10(8-14(15)19(21,22)23)25-18(26)16-11-4-5-12(17(16)24)13(11)7-9-1-2-9/h3,6-9,11-12,16-17H,1-2,4-5,24H2,(H,25,26). The van der Waals surface area contributed by atoms with Crippen molar-refractivity contribution in [3.8, 4) is 0 Å². The van der Waals surface area contributed by atoms with Gasteiger partial charge in [0.25, 0.3) is 0 Å². The molecule has 3 fully saturated rings. The molecule has 1 aromatic carbocycles. The summed E-state index contributed by atoms with van der Waals surface area (Å²) in [6.07, 6.45) is 1.63. The molecule has 3 N–H and O–H groups in total. The Morgan fingerprint density at radius 1 is 1.15 bits per heavy atom. The van der Waals surface area contributed by atoms with E-state index in [2.05, 4.69) is 11.4 Å². The van der Waals surface area contributed by atoms with Gasteiger partial charge in [-0.25, -0.2) is 4.39 Å². The van der Waals surface area contributed by atoms with E-state index in [9.17, 15) is 22.4 Å². The van der Waals surface area contributed by atoms with Crippen LogP contribution in [0.1, 0.15) is 31.2 Å². The second-order valence-corrected chi connectivity index (χ2v) is 7.58. The number of amides is 1. The molecule has 0 radical (unpaired) electrons. The maximum absolute atomic E-state index is 13.4. The first-order chi connectivity index (χ1) is 12.3. The number of rotatable bonds is 3. The van der Waals surface area contributed by atoms with Crippen molar-refractivity contribution in [1.82, 2.24) is 0 Å². The van der Waals surface area contributed by atoms with E-state index in [-0.39, 0.29) is 29.5 Å². The maximum Gasteiger partial charge on any atom is 0.419 e. The molecule has 4 unspecified atom stereocenters. The third kappa shape index (κ3) is 3.02. The molecule has 2 bridgehead atoms. The summed E-state index contributed by atoms with van der Waals surface area (Å²) in [5.41, 5.74) is 6.10. The van der Waals surface area contributed by atoms with Crippen molar-refractivity contribution >= 4 is 11.6 Å². The molecular formula is C19H20F4N2O. The summed E-state index contributed by atoms with van der Waals surface area (Å²) in [5.74, 6) is -1.34. The Kier molecular flexibility index (Phi) is 4.10. The molecule has 3 aliphatic carbocycles. The number of nitrogens with one attached hydrogen (secondary N) is 1. The van der Waals surface area contributed by atoms with Crippen LogP contribution in [0.25, 0.3) is 0 Å². The van der Waals surface area contributed by atoms with Crippen LogP contribution in [0.5, 0.6) is 0 Å². The normalized spacial score (nSPS) is 32.3. The molecule has 1 amide bonds. The van der Waals surface area contributed by atoms with Crippen molar-refractivity contribution < 1.29 is 22.4 Å². The zero-order chi connectivity index (χ0) is 18.6. The van der Waals surface area contributed by atoms with E-state index in [4.69, 9.17) is 5.73 Å². The minimum atomic E-state index is -4.81. The van der Waals surface area contributed by atoms with Gasteiger partial charge < -0.3 is 11.1 Å². The highest BCUT2D eigenvalue weighted by Gasteiger charge is 2.52. The van der Waals surface area contributed by atoms with Crippen LogP contribution < -0.4 is 11.1 Å². The molecule has 7 heteroatoms. The average Bonchev–Trinajstić information content (AvgIpc) is 3.23. The fraction of sp³-hybridized carbons (Fsp3) is 0.526. The molecule has 0 aliphatic heterocycles. The molecule has 140 valence electrons. The Balaban J connectivity index is 1.54. The smallest absolute Gasteiger partial charge is 0.326 e. The van der Waals surface area contributed by atoms with E-state index in [1.54, 1.807) is 0 Å². The topological polar surface area (TPSA) is 55.1 Å². The number of fused-ring (bicyclic) bond motifs is 2. The number of allylic oxidation sites excluding steroid dienone is 1. The molecule has 3 saturated carbocycles. The SMILES string of the molecule is NC1C2CCC(C2=CC2CC2)C1C(=O)Nc1ccc(F)c(C(F)(F)F)c1. The van der Waals surface area contributed by atoms with Crippen molar-refractivity contribution in [3.63, 3.8) is 0 Å². The van der Waals surface area contributed by atoms with Gasteiger partial charge in [0.2, 0.25) is 5.91 Å². The molecule has 3 aliphatic rings. The summed E-state index contributed by atoms with van der Waals surface area (Å²) in [6.45, 7) is 0. The summed E-state index contributed by atoms with van der Waals surface area (Å²) >= 11 is 0. The number of nitrogens with two attached hydrogens (primary N) is 1. The van der Waals surface area contributed by atoms with Gasteiger partial charge in [0.15, 0.2) is 0 Å². The third-order valence-corrected chi connectivity index (χ3v) is 5.85.